The summed E-state index contributed by atoms with van der Waals surface area (Å²) in [4.78, 5) is 7.19. The number of rotatable bonds is 4. The summed E-state index contributed by atoms with van der Waals surface area (Å²) in [6.45, 7) is 6.66. The van der Waals surface area contributed by atoms with Crippen LogP contribution in [0.5, 0.6) is 0 Å². The predicted molar refractivity (Wildman–Crippen MR) is 81.9 cm³/mol. The van der Waals surface area contributed by atoms with Gasteiger partial charge in [-0.3, -0.25) is 0 Å². The van der Waals surface area contributed by atoms with E-state index in [0.717, 1.165) is 31.7 Å². The van der Waals surface area contributed by atoms with Crippen LogP contribution in [-0.4, -0.2) is 29.1 Å². The van der Waals surface area contributed by atoms with Crippen LogP contribution >= 0.6 is 23.4 Å². The average Bonchev–Trinajstić information content (AvgIpc) is 2.39. The first-order chi connectivity index (χ1) is 8.72. The standard InChI is InChI=1S/C14H21ClN2S/c1-3-4-13-7-12(9-15)8-14(16-13)17-5-6-18-11(2)10-17/h7-8,11H,3-6,9-10H2,1-2H3. The zero-order valence-corrected chi connectivity index (χ0v) is 12.7. The van der Waals surface area contributed by atoms with Crippen LogP contribution < -0.4 is 4.90 Å². The number of nitrogens with zero attached hydrogens (tertiary/aromatic N) is 2. The molecule has 0 aromatic carbocycles. The molecule has 0 aliphatic carbocycles. The van der Waals surface area contributed by atoms with Crippen molar-refractivity contribution in [1.82, 2.24) is 4.98 Å². The Morgan fingerprint density at radius 2 is 2.33 bits per heavy atom. The van der Waals surface area contributed by atoms with E-state index in [4.69, 9.17) is 16.6 Å². The highest BCUT2D eigenvalue weighted by molar-refractivity contribution is 8.00. The summed E-state index contributed by atoms with van der Waals surface area (Å²) in [7, 11) is 0. The lowest BCUT2D eigenvalue weighted by Crippen LogP contribution is -2.37. The van der Waals surface area contributed by atoms with Gasteiger partial charge < -0.3 is 4.90 Å². The molecule has 0 amide bonds. The molecule has 0 spiro atoms. The molecule has 1 aromatic heterocycles. The zero-order chi connectivity index (χ0) is 13.0. The number of pyridine rings is 1. The molecule has 1 saturated heterocycles. The van der Waals surface area contributed by atoms with Crippen molar-refractivity contribution < 1.29 is 0 Å². The molecule has 0 N–H and O–H groups in total. The Kier molecular flexibility index (Phi) is 5.19. The molecule has 1 atom stereocenters. The molecule has 1 fully saturated rings. The van der Waals surface area contributed by atoms with Gasteiger partial charge in [-0.05, 0) is 24.1 Å². The van der Waals surface area contributed by atoms with Gasteiger partial charge in [0.05, 0.1) is 0 Å². The Morgan fingerprint density at radius 1 is 1.50 bits per heavy atom. The number of hydrogen-bond donors (Lipinski definition) is 0. The fourth-order valence-electron chi connectivity index (χ4n) is 2.28. The molecule has 1 aliphatic heterocycles. The second kappa shape index (κ2) is 6.67. The monoisotopic (exact) mass is 284 g/mol. The number of aryl methyl sites for hydroxylation is 1. The van der Waals surface area contributed by atoms with Crippen LogP contribution in [0, 0.1) is 0 Å². The quantitative estimate of drug-likeness (QED) is 0.784. The highest BCUT2D eigenvalue weighted by Gasteiger charge is 2.18. The van der Waals surface area contributed by atoms with E-state index in [-0.39, 0.29) is 0 Å². The molecule has 4 heteroatoms. The summed E-state index contributed by atoms with van der Waals surface area (Å²) >= 11 is 8.03. The first-order valence-corrected chi connectivity index (χ1v) is 8.23. The minimum absolute atomic E-state index is 0.574. The summed E-state index contributed by atoms with van der Waals surface area (Å²) in [5.74, 6) is 2.88. The van der Waals surface area contributed by atoms with Crippen molar-refractivity contribution >= 4 is 29.2 Å². The fraction of sp³-hybridized carbons (Fsp3) is 0.643. The van der Waals surface area contributed by atoms with Gasteiger partial charge in [-0.2, -0.15) is 11.8 Å². The first kappa shape index (κ1) is 14.0. The molecule has 2 nitrogen and oxygen atoms in total. The van der Waals surface area contributed by atoms with Gasteiger partial charge in [-0.1, -0.05) is 20.3 Å². The molecule has 1 aromatic rings. The van der Waals surface area contributed by atoms with Crippen molar-refractivity contribution in [1.29, 1.82) is 0 Å². The lowest BCUT2D eigenvalue weighted by molar-refractivity contribution is 0.761. The lowest BCUT2D eigenvalue weighted by Gasteiger charge is -2.32. The second-order valence-corrected chi connectivity index (χ2v) is 6.65. The van der Waals surface area contributed by atoms with Crippen LogP contribution in [0.4, 0.5) is 5.82 Å². The molecule has 0 radical (unpaired) electrons. The molecule has 2 rings (SSSR count). The SMILES string of the molecule is CCCc1cc(CCl)cc(N2CCSC(C)C2)n1. The number of aromatic nitrogens is 1. The molecule has 100 valence electrons. The molecule has 18 heavy (non-hydrogen) atoms. The van der Waals surface area contributed by atoms with E-state index >= 15 is 0 Å². The Labute approximate surface area is 119 Å². The first-order valence-electron chi connectivity index (χ1n) is 6.65. The maximum absolute atomic E-state index is 5.99. The van der Waals surface area contributed by atoms with Gasteiger partial charge in [-0.25, -0.2) is 4.98 Å². The zero-order valence-electron chi connectivity index (χ0n) is 11.2. The van der Waals surface area contributed by atoms with E-state index in [1.807, 2.05) is 11.8 Å². The van der Waals surface area contributed by atoms with Gasteiger partial charge in [0, 0.05) is 35.7 Å². The van der Waals surface area contributed by atoms with Crippen molar-refractivity contribution in [2.75, 3.05) is 23.7 Å². The summed E-state index contributed by atoms with van der Waals surface area (Å²) in [6.07, 6.45) is 2.17. The molecule has 0 bridgehead atoms. The molecule has 1 aliphatic rings. The van der Waals surface area contributed by atoms with Crippen LogP contribution in [-0.2, 0) is 12.3 Å². The van der Waals surface area contributed by atoms with Crippen molar-refractivity contribution in [3.63, 3.8) is 0 Å². The Balaban J connectivity index is 2.22. The highest BCUT2D eigenvalue weighted by Crippen LogP contribution is 2.24. The number of alkyl halides is 1. The van der Waals surface area contributed by atoms with Gasteiger partial charge in [0.1, 0.15) is 5.82 Å². The van der Waals surface area contributed by atoms with E-state index in [0.29, 0.717) is 11.1 Å². The Bertz CT molecular complexity index is 397. The van der Waals surface area contributed by atoms with Crippen molar-refractivity contribution in [2.45, 2.75) is 37.8 Å². The third kappa shape index (κ3) is 3.55. The Hall–Kier alpha value is -0.410. The third-order valence-corrected chi connectivity index (χ3v) is 4.60. The minimum atomic E-state index is 0.574. The number of thioether (sulfide) groups is 1. The maximum Gasteiger partial charge on any atom is 0.129 e. The van der Waals surface area contributed by atoms with E-state index < -0.39 is 0 Å². The van der Waals surface area contributed by atoms with E-state index in [2.05, 4.69) is 30.9 Å². The van der Waals surface area contributed by atoms with Gasteiger partial charge >= 0.3 is 0 Å². The number of halogens is 1. The van der Waals surface area contributed by atoms with E-state index in [9.17, 15) is 0 Å². The van der Waals surface area contributed by atoms with E-state index in [1.54, 1.807) is 0 Å². The smallest absolute Gasteiger partial charge is 0.129 e. The van der Waals surface area contributed by atoms with Crippen LogP contribution in [0.2, 0.25) is 0 Å². The summed E-state index contributed by atoms with van der Waals surface area (Å²) < 4.78 is 0. The third-order valence-electron chi connectivity index (χ3n) is 3.15. The molecular weight excluding hydrogens is 264 g/mol. The largest absolute Gasteiger partial charge is 0.355 e. The van der Waals surface area contributed by atoms with Crippen LogP contribution in [0.1, 0.15) is 31.5 Å². The summed E-state index contributed by atoms with van der Waals surface area (Å²) in [6, 6.07) is 4.29. The van der Waals surface area contributed by atoms with E-state index in [1.165, 1.54) is 17.0 Å². The fourth-order valence-corrected chi connectivity index (χ4v) is 3.45. The van der Waals surface area contributed by atoms with Gasteiger partial charge in [0.25, 0.3) is 0 Å². The number of hydrogen-bond acceptors (Lipinski definition) is 3. The number of anilines is 1. The van der Waals surface area contributed by atoms with Gasteiger partial charge in [-0.15, -0.1) is 11.6 Å². The predicted octanol–water partition coefficient (Wildman–Crippen LogP) is 3.71. The normalized spacial score (nSPS) is 20.2. The second-order valence-electron chi connectivity index (χ2n) is 4.84. The lowest BCUT2D eigenvalue weighted by atomic mass is 10.1. The van der Waals surface area contributed by atoms with Crippen LogP contribution in [0.25, 0.3) is 0 Å². The van der Waals surface area contributed by atoms with Crippen LogP contribution in [0.15, 0.2) is 12.1 Å². The average molecular weight is 285 g/mol. The Morgan fingerprint density at radius 3 is 3.00 bits per heavy atom. The molecular formula is C14H21ClN2S. The molecule has 1 unspecified atom stereocenters. The summed E-state index contributed by atoms with van der Waals surface area (Å²) in [5, 5.41) is 0.690. The van der Waals surface area contributed by atoms with Crippen molar-refractivity contribution in [3.8, 4) is 0 Å². The maximum atomic E-state index is 5.99. The van der Waals surface area contributed by atoms with Crippen LogP contribution in [0.3, 0.4) is 0 Å². The highest BCUT2D eigenvalue weighted by atomic mass is 35.5. The summed E-state index contributed by atoms with van der Waals surface area (Å²) in [5.41, 5.74) is 2.37. The van der Waals surface area contributed by atoms with Crippen molar-refractivity contribution in [2.24, 2.45) is 0 Å². The van der Waals surface area contributed by atoms with Gasteiger partial charge in [0.2, 0.25) is 0 Å². The topological polar surface area (TPSA) is 16.1 Å². The molecule has 2 heterocycles. The molecule has 0 saturated carbocycles. The van der Waals surface area contributed by atoms with Gasteiger partial charge in [0.15, 0.2) is 0 Å². The minimum Gasteiger partial charge on any atom is -0.355 e. The van der Waals surface area contributed by atoms with Crippen molar-refractivity contribution in [3.05, 3.63) is 23.4 Å².